The number of carbonyl (C=O) groups is 1. The molecule has 4 rings (SSSR count). The molecule has 3 heterocycles. The van der Waals surface area contributed by atoms with Crippen LogP contribution in [0.5, 0.6) is 0 Å². The van der Waals surface area contributed by atoms with E-state index in [1.54, 1.807) is 0 Å². The summed E-state index contributed by atoms with van der Waals surface area (Å²) in [4.78, 5) is 26.0. The summed E-state index contributed by atoms with van der Waals surface area (Å²) >= 11 is 0. The molecule has 0 radical (unpaired) electrons. The van der Waals surface area contributed by atoms with Crippen molar-refractivity contribution in [1.82, 2.24) is 14.9 Å². The summed E-state index contributed by atoms with van der Waals surface area (Å²) < 4.78 is 46.0. The molecule has 1 amide bonds. The van der Waals surface area contributed by atoms with E-state index in [1.165, 1.54) is 31.4 Å². The fourth-order valence-corrected chi connectivity index (χ4v) is 3.26. The number of hydrogen-bond donors (Lipinski definition) is 1. The van der Waals surface area contributed by atoms with Crippen LogP contribution in [-0.2, 0) is 10.3 Å². The first-order valence-electron chi connectivity index (χ1n) is 8.41. The Morgan fingerprint density at radius 3 is 2.59 bits per heavy atom. The smallest absolute Gasteiger partial charge is 0.280 e. The van der Waals surface area contributed by atoms with Crippen molar-refractivity contribution in [2.24, 2.45) is 10.7 Å². The third-order valence-corrected chi connectivity index (χ3v) is 4.74. The number of aromatic nitrogens is 2. The van der Waals surface area contributed by atoms with E-state index >= 15 is 0 Å². The first-order valence-corrected chi connectivity index (χ1v) is 8.41. The maximum Gasteiger partial charge on any atom is 0.280 e. The number of likely N-dealkylation sites (N-methyl/N-ethyl adjacent to an activating group) is 1. The number of amides is 1. The highest BCUT2D eigenvalue weighted by Crippen LogP contribution is 2.41. The van der Waals surface area contributed by atoms with Gasteiger partial charge in [-0.05, 0) is 35.4 Å². The summed E-state index contributed by atoms with van der Waals surface area (Å²) in [6, 6.07) is 6.35. The second-order valence-corrected chi connectivity index (χ2v) is 6.37. The number of halogens is 3. The second-order valence-electron chi connectivity index (χ2n) is 6.37. The van der Waals surface area contributed by atoms with Crippen molar-refractivity contribution >= 4 is 11.9 Å². The standard InChI is InChI=1S/C19H14F3N5O2/c1-27-17(28)19(26-18(27)23,11-4-5-25-14(7-11)16(21)22)10-2-3-13(20)12(6-10)15-8-24-9-29-15/h2-9,16H,1H3,(H2,23,26). The molecule has 2 aromatic heterocycles. The third kappa shape index (κ3) is 2.84. The maximum atomic E-state index is 14.4. The van der Waals surface area contributed by atoms with E-state index in [2.05, 4.69) is 15.0 Å². The number of hydrogen-bond acceptors (Lipinski definition) is 6. The number of carbonyl (C=O) groups excluding carboxylic acids is 1. The molecule has 1 aliphatic rings. The van der Waals surface area contributed by atoms with Crippen molar-refractivity contribution in [2.45, 2.75) is 12.0 Å². The lowest BCUT2D eigenvalue weighted by Crippen LogP contribution is -2.41. The van der Waals surface area contributed by atoms with Gasteiger partial charge in [0.25, 0.3) is 12.3 Å². The quantitative estimate of drug-likeness (QED) is 0.725. The van der Waals surface area contributed by atoms with Crippen LogP contribution in [0.1, 0.15) is 23.2 Å². The summed E-state index contributed by atoms with van der Waals surface area (Å²) in [6.45, 7) is 0. The number of pyridine rings is 1. The number of nitrogens with zero attached hydrogens (tertiary/aromatic N) is 4. The highest BCUT2D eigenvalue weighted by atomic mass is 19.3. The van der Waals surface area contributed by atoms with Crippen molar-refractivity contribution in [3.05, 3.63) is 71.8 Å². The van der Waals surface area contributed by atoms with E-state index in [9.17, 15) is 18.0 Å². The van der Waals surface area contributed by atoms with Crippen molar-refractivity contribution < 1.29 is 22.4 Å². The van der Waals surface area contributed by atoms with Gasteiger partial charge in [0, 0.05) is 13.2 Å². The molecule has 29 heavy (non-hydrogen) atoms. The van der Waals surface area contributed by atoms with E-state index in [1.807, 2.05) is 0 Å². The van der Waals surface area contributed by atoms with E-state index in [4.69, 9.17) is 10.2 Å². The van der Waals surface area contributed by atoms with Crippen LogP contribution >= 0.6 is 0 Å². The average molecular weight is 401 g/mol. The normalized spacial score (nSPS) is 19.1. The Hall–Kier alpha value is -3.69. The molecule has 10 heteroatoms. The summed E-state index contributed by atoms with van der Waals surface area (Å²) in [5.74, 6) is -1.15. The Morgan fingerprint density at radius 1 is 1.21 bits per heavy atom. The second kappa shape index (κ2) is 6.73. The predicted octanol–water partition coefficient (Wildman–Crippen LogP) is 2.84. The first kappa shape index (κ1) is 18.7. The molecular weight excluding hydrogens is 387 g/mol. The van der Waals surface area contributed by atoms with Gasteiger partial charge in [0.15, 0.2) is 23.7 Å². The third-order valence-electron chi connectivity index (χ3n) is 4.74. The van der Waals surface area contributed by atoms with Crippen LogP contribution in [0.25, 0.3) is 11.3 Å². The fraction of sp³-hybridized carbons (Fsp3) is 0.158. The van der Waals surface area contributed by atoms with Gasteiger partial charge in [-0.15, -0.1) is 0 Å². The van der Waals surface area contributed by atoms with Crippen LogP contribution in [0.4, 0.5) is 13.2 Å². The fourth-order valence-electron chi connectivity index (χ4n) is 3.26. The van der Waals surface area contributed by atoms with Crippen LogP contribution in [0.3, 0.4) is 0 Å². The summed E-state index contributed by atoms with van der Waals surface area (Å²) in [5, 5.41) is 0. The van der Waals surface area contributed by atoms with Crippen molar-refractivity contribution in [3.8, 4) is 11.3 Å². The van der Waals surface area contributed by atoms with E-state index in [-0.39, 0.29) is 28.4 Å². The number of benzene rings is 1. The Labute approximate surface area is 162 Å². The molecule has 7 nitrogen and oxygen atoms in total. The minimum atomic E-state index is -2.85. The lowest BCUT2D eigenvalue weighted by molar-refractivity contribution is -0.129. The zero-order valence-electron chi connectivity index (χ0n) is 15.0. The zero-order chi connectivity index (χ0) is 20.8. The van der Waals surface area contributed by atoms with Crippen LogP contribution < -0.4 is 5.73 Å². The Kier molecular flexibility index (Phi) is 4.33. The van der Waals surface area contributed by atoms with Crippen LogP contribution in [-0.4, -0.2) is 33.8 Å². The Balaban J connectivity index is 1.98. The molecule has 1 aromatic carbocycles. The maximum absolute atomic E-state index is 14.4. The van der Waals surface area contributed by atoms with Crippen LogP contribution in [0, 0.1) is 5.82 Å². The molecule has 1 atom stereocenters. The van der Waals surface area contributed by atoms with E-state index in [0.29, 0.717) is 0 Å². The van der Waals surface area contributed by atoms with Crippen LogP contribution in [0.2, 0.25) is 0 Å². The number of guanidine groups is 1. The van der Waals surface area contributed by atoms with Crippen molar-refractivity contribution in [1.29, 1.82) is 0 Å². The molecule has 1 aliphatic heterocycles. The molecule has 148 valence electrons. The SMILES string of the molecule is CN1C(=O)C(c2ccnc(C(F)F)c2)(c2ccc(F)c(-c3cnco3)c2)N=C1N. The summed E-state index contributed by atoms with van der Waals surface area (Å²) in [5.41, 5.74) is 3.99. The van der Waals surface area contributed by atoms with Gasteiger partial charge in [-0.2, -0.15) is 0 Å². The van der Waals surface area contributed by atoms with Gasteiger partial charge in [-0.3, -0.25) is 14.7 Å². The predicted molar refractivity (Wildman–Crippen MR) is 96.3 cm³/mol. The molecule has 0 bridgehead atoms. The number of alkyl halides is 2. The molecular formula is C19H14F3N5O2. The monoisotopic (exact) mass is 401 g/mol. The number of aliphatic imine (C=N–C) groups is 1. The number of rotatable bonds is 4. The van der Waals surface area contributed by atoms with Gasteiger partial charge in [0.2, 0.25) is 0 Å². The minimum absolute atomic E-state index is 0.0404. The molecule has 0 aliphatic carbocycles. The average Bonchev–Trinajstić information content (AvgIpc) is 3.32. The van der Waals surface area contributed by atoms with Gasteiger partial charge < -0.3 is 10.2 Å². The molecule has 2 N–H and O–H groups in total. The largest absolute Gasteiger partial charge is 0.443 e. The van der Waals surface area contributed by atoms with Crippen LogP contribution in [0.15, 0.2) is 58.5 Å². The molecule has 0 fully saturated rings. The number of oxazole rings is 1. The van der Waals surface area contributed by atoms with Gasteiger partial charge in [0.05, 0.1) is 11.8 Å². The summed E-state index contributed by atoms with van der Waals surface area (Å²) in [6.07, 6.45) is 0.771. The van der Waals surface area contributed by atoms with Crippen molar-refractivity contribution in [2.75, 3.05) is 7.05 Å². The molecule has 0 saturated heterocycles. The number of nitrogens with two attached hydrogens (primary N) is 1. The lowest BCUT2D eigenvalue weighted by atomic mass is 9.82. The van der Waals surface area contributed by atoms with Gasteiger partial charge in [0.1, 0.15) is 11.5 Å². The molecule has 0 saturated carbocycles. The molecule has 3 aromatic rings. The van der Waals surface area contributed by atoms with E-state index in [0.717, 1.165) is 29.6 Å². The summed E-state index contributed by atoms with van der Waals surface area (Å²) in [7, 11) is 1.42. The highest BCUT2D eigenvalue weighted by molar-refractivity contribution is 6.09. The lowest BCUT2D eigenvalue weighted by Gasteiger charge is -2.26. The topological polar surface area (TPSA) is 97.6 Å². The van der Waals surface area contributed by atoms with Crippen molar-refractivity contribution in [3.63, 3.8) is 0 Å². The first-order chi connectivity index (χ1) is 13.8. The zero-order valence-corrected chi connectivity index (χ0v) is 15.0. The Morgan fingerprint density at radius 2 is 1.97 bits per heavy atom. The van der Waals surface area contributed by atoms with Gasteiger partial charge in [-0.1, -0.05) is 6.07 Å². The van der Waals surface area contributed by atoms with E-state index < -0.39 is 29.4 Å². The Bertz CT molecular complexity index is 1120. The van der Waals surface area contributed by atoms with Gasteiger partial charge in [-0.25, -0.2) is 23.1 Å². The van der Waals surface area contributed by atoms with Gasteiger partial charge >= 0.3 is 0 Å². The molecule has 0 spiro atoms. The minimum Gasteiger partial charge on any atom is -0.443 e. The molecule has 1 unspecified atom stereocenters. The highest BCUT2D eigenvalue weighted by Gasteiger charge is 2.50.